The van der Waals surface area contributed by atoms with Gasteiger partial charge in [-0.1, -0.05) is 0 Å². The Hall–Kier alpha value is -0.160. The highest BCUT2D eigenvalue weighted by Crippen LogP contribution is 2.20. The molecule has 4 heteroatoms. The van der Waals surface area contributed by atoms with E-state index in [-0.39, 0.29) is 6.10 Å². The van der Waals surface area contributed by atoms with Crippen molar-refractivity contribution in [2.75, 3.05) is 39.3 Å². The van der Waals surface area contributed by atoms with Crippen LogP contribution in [0.4, 0.5) is 0 Å². The fourth-order valence-electron chi connectivity index (χ4n) is 2.87. The molecule has 3 N–H and O–H groups in total. The van der Waals surface area contributed by atoms with Crippen LogP contribution in [-0.2, 0) is 0 Å². The first-order valence-electron chi connectivity index (χ1n) is 6.64. The van der Waals surface area contributed by atoms with Gasteiger partial charge >= 0.3 is 0 Å². The number of nitrogens with two attached hydrogens (primary N) is 1. The van der Waals surface area contributed by atoms with Crippen molar-refractivity contribution in [3.63, 3.8) is 0 Å². The van der Waals surface area contributed by atoms with E-state index in [1.54, 1.807) is 0 Å². The minimum Gasteiger partial charge on any atom is -0.392 e. The van der Waals surface area contributed by atoms with Crippen molar-refractivity contribution in [2.24, 2.45) is 5.73 Å². The largest absolute Gasteiger partial charge is 0.392 e. The van der Waals surface area contributed by atoms with Crippen molar-refractivity contribution >= 4 is 0 Å². The van der Waals surface area contributed by atoms with Gasteiger partial charge in [-0.2, -0.15) is 0 Å². The summed E-state index contributed by atoms with van der Waals surface area (Å²) in [4.78, 5) is 5.11. The van der Waals surface area contributed by atoms with Gasteiger partial charge in [0.25, 0.3) is 0 Å². The molecular weight excluding hydrogens is 202 g/mol. The first-order valence-corrected chi connectivity index (χ1v) is 6.64. The van der Waals surface area contributed by atoms with Crippen molar-refractivity contribution in [2.45, 2.75) is 37.8 Å². The Morgan fingerprint density at radius 2 is 2.00 bits per heavy atom. The highest BCUT2D eigenvalue weighted by atomic mass is 16.3. The number of hydrogen-bond donors (Lipinski definition) is 2. The summed E-state index contributed by atoms with van der Waals surface area (Å²) in [7, 11) is 0. The third-order valence-corrected chi connectivity index (χ3v) is 3.96. The molecule has 2 saturated heterocycles. The number of likely N-dealkylation sites (tertiary alicyclic amines) is 2. The van der Waals surface area contributed by atoms with E-state index < -0.39 is 0 Å². The maximum absolute atomic E-state index is 9.43. The Morgan fingerprint density at radius 3 is 2.69 bits per heavy atom. The summed E-state index contributed by atoms with van der Waals surface area (Å²) in [5, 5.41) is 9.43. The molecule has 2 rings (SSSR count). The van der Waals surface area contributed by atoms with E-state index in [2.05, 4.69) is 9.80 Å². The molecule has 0 aromatic carbocycles. The fraction of sp³-hybridized carbons (Fsp3) is 1.00. The Balaban J connectivity index is 1.67. The van der Waals surface area contributed by atoms with E-state index in [4.69, 9.17) is 5.73 Å². The Kier molecular flexibility index (Phi) is 4.58. The van der Waals surface area contributed by atoms with Crippen LogP contribution >= 0.6 is 0 Å². The van der Waals surface area contributed by atoms with E-state index >= 15 is 0 Å². The Labute approximate surface area is 98.4 Å². The van der Waals surface area contributed by atoms with Crippen LogP contribution in [0.3, 0.4) is 0 Å². The maximum atomic E-state index is 9.43. The van der Waals surface area contributed by atoms with Crippen molar-refractivity contribution in [3.05, 3.63) is 0 Å². The van der Waals surface area contributed by atoms with Gasteiger partial charge in [0, 0.05) is 25.7 Å². The molecule has 0 saturated carbocycles. The van der Waals surface area contributed by atoms with Gasteiger partial charge in [0.1, 0.15) is 0 Å². The average Bonchev–Trinajstić information content (AvgIpc) is 2.95. The first kappa shape index (κ1) is 12.3. The molecule has 0 aromatic rings. The smallest absolute Gasteiger partial charge is 0.0674 e. The molecule has 0 amide bonds. The molecule has 2 aliphatic rings. The highest BCUT2D eigenvalue weighted by molar-refractivity contribution is 4.85. The molecule has 4 nitrogen and oxygen atoms in total. The third-order valence-electron chi connectivity index (χ3n) is 3.96. The lowest BCUT2D eigenvalue weighted by Crippen LogP contribution is -2.36. The van der Waals surface area contributed by atoms with Gasteiger partial charge in [-0.15, -0.1) is 0 Å². The number of aliphatic hydroxyl groups excluding tert-OH is 1. The number of aliphatic hydroxyl groups is 1. The predicted molar refractivity (Wildman–Crippen MR) is 65.3 cm³/mol. The van der Waals surface area contributed by atoms with Crippen LogP contribution in [0.25, 0.3) is 0 Å². The maximum Gasteiger partial charge on any atom is 0.0674 e. The normalized spacial score (nSPS) is 30.0. The van der Waals surface area contributed by atoms with E-state index in [9.17, 15) is 5.11 Å². The molecule has 2 unspecified atom stereocenters. The van der Waals surface area contributed by atoms with Crippen LogP contribution < -0.4 is 5.73 Å². The van der Waals surface area contributed by atoms with Crippen LogP contribution in [0.5, 0.6) is 0 Å². The molecule has 2 atom stereocenters. The predicted octanol–water partition coefficient (Wildman–Crippen LogP) is -0.134. The van der Waals surface area contributed by atoms with Gasteiger partial charge < -0.3 is 15.7 Å². The molecule has 16 heavy (non-hydrogen) atoms. The van der Waals surface area contributed by atoms with E-state index in [1.807, 2.05) is 0 Å². The van der Waals surface area contributed by atoms with E-state index in [0.29, 0.717) is 6.54 Å². The van der Waals surface area contributed by atoms with E-state index in [1.165, 1.54) is 45.4 Å². The summed E-state index contributed by atoms with van der Waals surface area (Å²) >= 11 is 0. The molecular formula is C12H25N3O. The highest BCUT2D eigenvalue weighted by Gasteiger charge is 2.28. The van der Waals surface area contributed by atoms with Crippen LogP contribution in [0, 0.1) is 0 Å². The van der Waals surface area contributed by atoms with Crippen molar-refractivity contribution < 1.29 is 5.11 Å². The summed E-state index contributed by atoms with van der Waals surface area (Å²) in [5.41, 5.74) is 5.41. The van der Waals surface area contributed by atoms with Gasteiger partial charge in [0.05, 0.1) is 6.10 Å². The standard InChI is InChI=1S/C12H25N3O/c13-9-12(16)4-8-14-7-3-11(10-14)15-5-1-2-6-15/h11-12,16H,1-10,13H2. The average molecular weight is 227 g/mol. The summed E-state index contributed by atoms with van der Waals surface area (Å²) < 4.78 is 0. The first-order chi connectivity index (χ1) is 7.79. The van der Waals surface area contributed by atoms with Crippen LogP contribution in [-0.4, -0.2) is 66.3 Å². The number of nitrogens with zero attached hydrogens (tertiary/aromatic N) is 2. The van der Waals surface area contributed by atoms with Gasteiger partial charge in [-0.05, 0) is 45.3 Å². The summed E-state index contributed by atoms with van der Waals surface area (Å²) in [5.74, 6) is 0. The molecule has 94 valence electrons. The Morgan fingerprint density at radius 1 is 1.25 bits per heavy atom. The summed E-state index contributed by atoms with van der Waals surface area (Å²) in [6.07, 6.45) is 4.57. The van der Waals surface area contributed by atoms with Gasteiger partial charge in [-0.25, -0.2) is 0 Å². The topological polar surface area (TPSA) is 52.7 Å². The molecule has 0 aliphatic carbocycles. The van der Waals surface area contributed by atoms with E-state index in [0.717, 1.165) is 19.0 Å². The molecule has 2 fully saturated rings. The lowest BCUT2D eigenvalue weighted by molar-refractivity contribution is 0.150. The molecule has 0 radical (unpaired) electrons. The minimum absolute atomic E-state index is 0.314. The second kappa shape index (κ2) is 5.96. The zero-order valence-corrected chi connectivity index (χ0v) is 10.1. The van der Waals surface area contributed by atoms with Crippen LogP contribution in [0.2, 0.25) is 0 Å². The van der Waals surface area contributed by atoms with Crippen LogP contribution in [0.1, 0.15) is 25.7 Å². The second-order valence-corrected chi connectivity index (χ2v) is 5.16. The van der Waals surface area contributed by atoms with Gasteiger partial charge in [-0.3, -0.25) is 4.90 Å². The quantitative estimate of drug-likeness (QED) is 0.687. The van der Waals surface area contributed by atoms with Gasteiger partial charge in [0.2, 0.25) is 0 Å². The minimum atomic E-state index is -0.314. The second-order valence-electron chi connectivity index (χ2n) is 5.16. The van der Waals surface area contributed by atoms with Crippen LogP contribution in [0.15, 0.2) is 0 Å². The molecule has 0 bridgehead atoms. The zero-order chi connectivity index (χ0) is 11.4. The van der Waals surface area contributed by atoms with Crippen molar-refractivity contribution in [1.82, 2.24) is 9.80 Å². The molecule has 0 aromatic heterocycles. The van der Waals surface area contributed by atoms with Crippen molar-refractivity contribution in [1.29, 1.82) is 0 Å². The Bertz CT molecular complexity index is 206. The lowest BCUT2D eigenvalue weighted by Gasteiger charge is -2.24. The summed E-state index contributed by atoms with van der Waals surface area (Å²) in [6.45, 7) is 6.37. The number of hydrogen-bond acceptors (Lipinski definition) is 4. The zero-order valence-electron chi connectivity index (χ0n) is 10.1. The fourth-order valence-corrected chi connectivity index (χ4v) is 2.87. The molecule has 2 aliphatic heterocycles. The monoisotopic (exact) mass is 227 g/mol. The SMILES string of the molecule is NCC(O)CCN1CCC(N2CCCC2)C1. The lowest BCUT2D eigenvalue weighted by atomic mass is 10.2. The molecule has 2 heterocycles. The van der Waals surface area contributed by atoms with Gasteiger partial charge in [0.15, 0.2) is 0 Å². The summed E-state index contributed by atoms with van der Waals surface area (Å²) in [6, 6.07) is 0.775. The van der Waals surface area contributed by atoms with Crippen molar-refractivity contribution in [3.8, 4) is 0 Å². The molecule has 0 spiro atoms. The number of rotatable bonds is 5. The third kappa shape index (κ3) is 3.17.